The minimum absolute atomic E-state index is 0.476. The van der Waals surface area contributed by atoms with Crippen molar-refractivity contribution in [3.8, 4) is 0 Å². The SMILES string of the molecule is CCCC1CC1Nc1ccc(C)cc1C(N)=S. The summed E-state index contributed by atoms with van der Waals surface area (Å²) >= 11 is 5.10. The number of aryl methyl sites for hydroxylation is 1. The van der Waals surface area contributed by atoms with E-state index in [1.807, 2.05) is 0 Å². The standard InChI is InChI=1S/C14H20N2S/c1-3-4-10-8-13(10)16-12-6-5-9(2)7-11(12)14(15)17/h5-7,10,13,16H,3-4,8H2,1-2H3,(H2,15,17). The summed E-state index contributed by atoms with van der Waals surface area (Å²) in [5.74, 6) is 0.834. The van der Waals surface area contributed by atoms with Crippen LogP contribution in [-0.4, -0.2) is 11.0 Å². The molecule has 1 aromatic rings. The van der Waals surface area contributed by atoms with Crippen LogP contribution in [0, 0.1) is 12.8 Å². The lowest BCUT2D eigenvalue weighted by atomic mass is 10.1. The number of hydrogen-bond donors (Lipinski definition) is 2. The third-order valence-corrected chi connectivity index (χ3v) is 3.58. The number of rotatable bonds is 5. The molecule has 2 rings (SSSR count). The highest BCUT2D eigenvalue weighted by atomic mass is 32.1. The summed E-state index contributed by atoms with van der Waals surface area (Å²) in [6, 6.07) is 6.86. The van der Waals surface area contributed by atoms with Crippen LogP contribution in [0.4, 0.5) is 5.69 Å². The first-order valence-corrected chi connectivity index (χ1v) is 6.69. The first-order chi connectivity index (χ1) is 8.11. The molecule has 3 N–H and O–H groups in total. The van der Waals surface area contributed by atoms with Crippen LogP contribution in [0.1, 0.15) is 37.3 Å². The molecule has 0 spiro atoms. The molecule has 0 bridgehead atoms. The molecule has 2 nitrogen and oxygen atoms in total. The molecule has 1 saturated carbocycles. The van der Waals surface area contributed by atoms with Crippen LogP contribution in [0.5, 0.6) is 0 Å². The van der Waals surface area contributed by atoms with Crippen molar-refractivity contribution in [1.29, 1.82) is 0 Å². The molecule has 1 aromatic carbocycles. The average Bonchev–Trinajstić information content (AvgIpc) is 2.99. The van der Waals surface area contributed by atoms with E-state index < -0.39 is 0 Å². The van der Waals surface area contributed by atoms with E-state index in [2.05, 4.69) is 37.4 Å². The van der Waals surface area contributed by atoms with E-state index >= 15 is 0 Å². The second kappa shape index (κ2) is 5.05. The van der Waals surface area contributed by atoms with Crippen LogP contribution < -0.4 is 11.1 Å². The van der Waals surface area contributed by atoms with Gasteiger partial charge in [0.15, 0.2) is 0 Å². The maximum atomic E-state index is 5.76. The van der Waals surface area contributed by atoms with E-state index in [1.165, 1.54) is 24.8 Å². The van der Waals surface area contributed by atoms with Gasteiger partial charge in [0.1, 0.15) is 4.99 Å². The molecular formula is C14H20N2S. The number of benzene rings is 1. The molecule has 3 heteroatoms. The van der Waals surface area contributed by atoms with Gasteiger partial charge in [-0.3, -0.25) is 0 Å². The van der Waals surface area contributed by atoms with Gasteiger partial charge in [0.2, 0.25) is 0 Å². The van der Waals surface area contributed by atoms with Crippen molar-refractivity contribution >= 4 is 22.9 Å². The molecule has 2 unspecified atom stereocenters. The van der Waals surface area contributed by atoms with Crippen LogP contribution in [0.15, 0.2) is 18.2 Å². The summed E-state index contributed by atoms with van der Waals surface area (Å²) in [4.78, 5) is 0.476. The normalized spacial score (nSPS) is 22.2. The van der Waals surface area contributed by atoms with Gasteiger partial charge in [-0.2, -0.15) is 0 Å². The van der Waals surface area contributed by atoms with Crippen molar-refractivity contribution in [2.24, 2.45) is 11.7 Å². The Morgan fingerprint density at radius 2 is 2.29 bits per heavy atom. The summed E-state index contributed by atoms with van der Waals surface area (Å²) in [7, 11) is 0. The Hall–Kier alpha value is -1.09. The Labute approximate surface area is 109 Å². The number of hydrogen-bond acceptors (Lipinski definition) is 2. The summed E-state index contributed by atoms with van der Waals surface area (Å²) in [6.07, 6.45) is 3.85. The van der Waals surface area contributed by atoms with E-state index in [4.69, 9.17) is 18.0 Å². The van der Waals surface area contributed by atoms with Gasteiger partial charge in [0.05, 0.1) is 0 Å². The Morgan fingerprint density at radius 1 is 1.53 bits per heavy atom. The molecule has 1 fully saturated rings. The van der Waals surface area contributed by atoms with E-state index in [9.17, 15) is 0 Å². The Morgan fingerprint density at radius 3 is 2.94 bits per heavy atom. The highest BCUT2D eigenvalue weighted by Crippen LogP contribution is 2.37. The summed E-state index contributed by atoms with van der Waals surface area (Å²) < 4.78 is 0. The molecule has 0 aromatic heterocycles. The summed E-state index contributed by atoms with van der Waals surface area (Å²) in [5, 5.41) is 3.56. The minimum Gasteiger partial charge on any atom is -0.389 e. The largest absolute Gasteiger partial charge is 0.389 e. The monoisotopic (exact) mass is 248 g/mol. The zero-order valence-corrected chi connectivity index (χ0v) is 11.3. The molecule has 2 atom stereocenters. The van der Waals surface area contributed by atoms with E-state index in [0.29, 0.717) is 11.0 Å². The molecule has 17 heavy (non-hydrogen) atoms. The number of anilines is 1. The van der Waals surface area contributed by atoms with Gasteiger partial charge in [-0.25, -0.2) is 0 Å². The predicted octanol–water partition coefficient (Wildman–Crippen LogP) is 3.23. The molecule has 1 aliphatic rings. The van der Waals surface area contributed by atoms with Crippen molar-refractivity contribution in [2.75, 3.05) is 5.32 Å². The van der Waals surface area contributed by atoms with Crippen molar-refractivity contribution in [1.82, 2.24) is 0 Å². The third-order valence-electron chi connectivity index (χ3n) is 3.36. The second-order valence-electron chi connectivity index (χ2n) is 4.95. The lowest BCUT2D eigenvalue weighted by Gasteiger charge is -2.12. The Balaban J connectivity index is 2.08. The first-order valence-electron chi connectivity index (χ1n) is 6.28. The zero-order valence-electron chi connectivity index (χ0n) is 10.5. The summed E-state index contributed by atoms with van der Waals surface area (Å²) in [5.41, 5.74) is 9.02. The highest BCUT2D eigenvalue weighted by molar-refractivity contribution is 7.80. The molecule has 0 radical (unpaired) electrons. The van der Waals surface area contributed by atoms with Crippen molar-refractivity contribution < 1.29 is 0 Å². The maximum absolute atomic E-state index is 5.76. The zero-order chi connectivity index (χ0) is 12.4. The number of nitrogens with two attached hydrogens (primary N) is 1. The first kappa shape index (κ1) is 12.4. The van der Waals surface area contributed by atoms with Crippen LogP contribution in [-0.2, 0) is 0 Å². The molecule has 0 aliphatic heterocycles. The Bertz CT molecular complexity index is 428. The van der Waals surface area contributed by atoms with Gasteiger partial charge in [-0.05, 0) is 37.8 Å². The quantitative estimate of drug-likeness (QED) is 0.786. The third kappa shape index (κ3) is 2.97. The highest BCUT2D eigenvalue weighted by Gasteiger charge is 2.36. The molecule has 0 amide bonds. The lowest BCUT2D eigenvalue weighted by molar-refractivity contribution is 0.693. The van der Waals surface area contributed by atoms with Gasteiger partial charge in [0.25, 0.3) is 0 Å². The molecule has 92 valence electrons. The predicted molar refractivity (Wildman–Crippen MR) is 77.5 cm³/mol. The van der Waals surface area contributed by atoms with Gasteiger partial charge >= 0.3 is 0 Å². The fourth-order valence-corrected chi connectivity index (χ4v) is 2.47. The average molecular weight is 248 g/mol. The van der Waals surface area contributed by atoms with Crippen molar-refractivity contribution in [3.05, 3.63) is 29.3 Å². The van der Waals surface area contributed by atoms with E-state index in [0.717, 1.165) is 17.2 Å². The van der Waals surface area contributed by atoms with Gasteiger partial charge in [-0.1, -0.05) is 37.2 Å². The van der Waals surface area contributed by atoms with Gasteiger partial charge in [0, 0.05) is 17.3 Å². The number of nitrogens with one attached hydrogen (secondary N) is 1. The summed E-state index contributed by atoms with van der Waals surface area (Å²) in [6.45, 7) is 4.30. The Kier molecular flexibility index (Phi) is 3.67. The smallest absolute Gasteiger partial charge is 0.106 e. The number of thiocarbonyl (C=S) groups is 1. The maximum Gasteiger partial charge on any atom is 0.106 e. The van der Waals surface area contributed by atoms with Crippen LogP contribution in [0.3, 0.4) is 0 Å². The van der Waals surface area contributed by atoms with E-state index in [1.54, 1.807) is 0 Å². The van der Waals surface area contributed by atoms with Gasteiger partial charge in [-0.15, -0.1) is 0 Å². The van der Waals surface area contributed by atoms with E-state index in [-0.39, 0.29) is 0 Å². The van der Waals surface area contributed by atoms with Crippen LogP contribution >= 0.6 is 12.2 Å². The molecule has 0 heterocycles. The van der Waals surface area contributed by atoms with Gasteiger partial charge < -0.3 is 11.1 Å². The fourth-order valence-electron chi connectivity index (χ4n) is 2.30. The van der Waals surface area contributed by atoms with Crippen molar-refractivity contribution in [3.63, 3.8) is 0 Å². The fraction of sp³-hybridized carbons (Fsp3) is 0.500. The molecule has 1 aliphatic carbocycles. The van der Waals surface area contributed by atoms with Crippen molar-refractivity contribution in [2.45, 2.75) is 39.2 Å². The minimum atomic E-state index is 0.476. The molecule has 0 saturated heterocycles. The van der Waals surface area contributed by atoms with Crippen LogP contribution in [0.2, 0.25) is 0 Å². The van der Waals surface area contributed by atoms with Crippen LogP contribution in [0.25, 0.3) is 0 Å². The molecular weight excluding hydrogens is 228 g/mol. The second-order valence-corrected chi connectivity index (χ2v) is 5.39. The lowest BCUT2D eigenvalue weighted by Crippen LogP contribution is -2.15. The topological polar surface area (TPSA) is 38.0 Å².